The van der Waals surface area contributed by atoms with Gasteiger partial charge in [0.25, 0.3) is 0 Å². The predicted octanol–water partition coefficient (Wildman–Crippen LogP) is 2.99. The topological polar surface area (TPSA) is 109 Å². The first kappa shape index (κ1) is 22.0. The summed E-state index contributed by atoms with van der Waals surface area (Å²) in [5.41, 5.74) is 7.11. The van der Waals surface area contributed by atoms with Crippen LogP contribution in [0.15, 0.2) is 36.4 Å². The minimum Gasteiger partial charge on any atom is -0.368 e. The van der Waals surface area contributed by atoms with Crippen LogP contribution in [0, 0.1) is 24.4 Å². The van der Waals surface area contributed by atoms with Gasteiger partial charge in [-0.15, -0.1) is 0 Å². The van der Waals surface area contributed by atoms with E-state index in [2.05, 4.69) is 25.6 Å². The molecule has 1 aromatic heterocycles. The summed E-state index contributed by atoms with van der Waals surface area (Å²) in [5.74, 6) is -4.53. The normalized spacial score (nSPS) is 10.9. The molecule has 0 atom stereocenters. The van der Waals surface area contributed by atoms with E-state index in [1.807, 2.05) is 31.2 Å². The molecule has 3 aromatic rings. The average Bonchev–Trinajstić information content (AvgIpc) is 2.69. The van der Waals surface area contributed by atoms with Gasteiger partial charge in [-0.25, -0.2) is 13.2 Å². The molecule has 0 unspecified atom stereocenters. The second kappa shape index (κ2) is 9.39. The first-order valence-corrected chi connectivity index (χ1v) is 9.18. The van der Waals surface area contributed by atoms with Gasteiger partial charge in [0.15, 0.2) is 17.5 Å². The van der Waals surface area contributed by atoms with E-state index in [1.54, 1.807) is 11.9 Å². The highest BCUT2D eigenvalue weighted by molar-refractivity contribution is 5.92. The Morgan fingerprint density at radius 1 is 1.03 bits per heavy atom. The number of hydrogen-bond acceptors (Lipinski definition) is 7. The Labute approximate surface area is 176 Å². The molecule has 2 aromatic carbocycles. The van der Waals surface area contributed by atoms with Gasteiger partial charge < -0.3 is 16.4 Å². The van der Waals surface area contributed by atoms with Gasteiger partial charge in [0, 0.05) is 5.69 Å². The van der Waals surface area contributed by atoms with Crippen LogP contribution in [-0.2, 0) is 11.3 Å². The number of nitrogens with zero attached hydrogens (tertiary/aromatic N) is 4. The summed E-state index contributed by atoms with van der Waals surface area (Å²) in [6.45, 7) is 1.86. The smallest absolute Gasteiger partial charge is 0.238 e. The zero-order chi connectivity index (χ0) is 22.5. The maximum Gasteiger partial charge on any atom is 0.238 e. The Balaban J connectivity index is 1.64. The van der Waals surface area contributed by atoms with Gasteiger partial charge in [0.05, 0.1) is 18.8 Å². The molecule has 0 spiro atoms. The second-order valence-electron chi connectivity index (χ2n) is 6.82. The molecule has 1 heterocycles. The number of benzene rings is 2. The lowest BCUT2D eigenvalue weighted by Gasteiger charge is -2.16. The van der Waals surface area contributed by atoms with E-state index < -0.39 is 29.0 Å². The number of likely N-dealkylation sites (N-methyl/N-ethyl adjacent to an activating group) is 1. The van der Waals surface area contributed by atoms with Crippen LogP contribution in [0.25, 0.3) is 0 Å². The van der Waals surface area contributed by atoms with Gasteiger partial charge in [0.2, 0.25) is 17.8 Å². The summed E-state index contributed by atoms with van der Waals surface area (Å²) in [5, 5.41) is 5.27. The van der Waals surface area contributed by atoms with Crippen LogP contribution in [-0.4, -0.2) is 39.4 Å². The Morgan fingerprint density at radius 3 is 2.52 bits per heavy atom. The maximum atomic E-state index is 13.7. The summed E-state index contributed by atoms with van der Waals surface area (Å²) >= 11 is 0. The van der Waals surface area contributed by atoms with Crippen molar-refractivity contribution >= 4 is 29.2 Å². The van der Waals surface area contributed by atoms with Crippen molar-refractivity contribution < 1.29 is 18.0 Å². The standard InChI is InChI=1S/C20H20F3N7O/c1-11-5-3-4-6-13(11)26-20-28-15(27-19(24)29-20)9-30(2)10-16(31)25-14-8-7-12(21)17(22)18(14)23/h3-8H,9-10H2,1-2H3,(H,25,31)(H3,24,26,27,28,29). The first-order valence-electron chi connectivity index (χ1n) is 9.18. The van der Waals surface area contributed by atoms with E-state index in [1.165, 1.54) is 0 Å². The summed E-state index contributed by atoms with van der Waals surface area (Å²) < 4.78 is 40.0. The molecule has 0 bridgehead atoms. The van der Waals surface area contributed by atoms with Crippen LogP contribution < -0.4 is 16.4 Å². The highest BCUT2D eigenvalue weighted by atomic mass is 19.2. The summed E-state index contributed by atoms with van der Waals surface area (Å²) in [6.07, 6.45) is 0. The number of nitrogens with two attached hydrogens (primary N) is 1. The van der Waals surface area contributed by atoms with Crippen molar-refractivity contribution in [3.05, 3.63) is 65.2 Å². The molecule has 4 N–H and O–H groups in total. The molecule has 0 aliphatic carbocycles. The number of aryl methyl sites for hydroxylation is 1. The van der Waals surface area contributed by atoms with Gasteiger partial charge in [-0.05, 0) is 37.7 Å². The number of halogens is 3. The monoisotopic (exact) mass is 431 g/mol. The number of rotatable bonds is 7. The quantitative estimate of drug-likeness (QED) is 0.494. The fourth-order valence-electron chi connectivity index (χ4n) is 2.75. The van der Waals surface area contributed by atoms with E-state index in [9.17, 15) is 18.0 Å². The van der Waals surface area contributed by atoms with E-state index in [0.29, 0.717) is 5.82 Å². The molecule has 0 aliphatic rings. The molecule has 1 amide bonds. The van der Waals surface area contributed by atoms with Crippen molar-refractivity contribution in [3.8, 4) is 0 Å². The summed E-state index contributed by atoms with van der Waals surface area (Å²) in [6, 6.07) is 9.23. The van der Waals surface area contributed by atoms with E-state index in [4.69, 9.17) is 5.73 Å². The Hall–Kier alpha value is -3.73. The van der Waals surface area contributed by atoms with Crippen molar-refractivity contribution in [2.24, 2.45) is 0 Å². The van der Waals surface area contributed by atoms with Crippen LogP contribution in [0.4, 0.5) is 36.4 Å². The van der Waals surface area contributed by atoms with E-state index in [0.717, 1.165) is 23.4 Å². The molecule has 3 rings (SSSR count). The maximum absolute atomic E-state index is 13.7. The molecule has 0 fully saturated rings. The zero-order valence-electron chi connectivity index (χ0n) is 16.8. The SMILES string of the molecule is Cc1ccccc1Nc1nc(N)nc(CN(C)CC(=O)Nc2ccc(F)c(F)c2F)n1. The van der Waals surface area contributed by atoms with Crippen molar-refractivity contribution in [1.29, 1.82) is 0 Å². The van der Waals surface area contributed by atoms with Gasteiger partial charge in [0.1, 0.15) is 5.82 Å². The van der Waals surface area contributed by atoms with Crippen LogP contribution in [0.2, 0.25) is 0 Å². The molecule has 8 nitrogen and oxygen atoms in total. The van der Waals surface area contributed by atoms with E-state index >= 15 is 0 Å². The number of amides is 1. The largest absolute Gasteiger partial charge is 0.368 e. The zero-order valence-corrected chi connectivity index (χ0v) is 16.8. The third-order valence-electron chi connectivity index (χ3n) is 4.22. The van der Waals surface area contributed by atoms with Crippen molar-refractivity contribution in [2.75, 3.05) is 30.0 Å². The Kier molecular flexibility index (Phi) is 6.65. The molecule has 162 valence electrons. The fourth-order valence-corrected chi connectivity index (χ4v) is 2.75. The number of hydrogen-bond donors (Lipinski definition) is 3. The number of nitrogen functional groups attached to an aromatic ring is 1. The van der Waals surface area contributed by atoms with Crippen molar-refractivity contribution in [2.45, 2.75) is 13.5 Å². The van der Waals surface area contributed by atoms with Crippen molar-refractivity contribution in [3.63, 3.8) is 0 Å². The minimum atomic E-state index is -1.65. The molecule has 0 aliphatic heterocycles. The number of nitrogens with one attached hydrogen (secondary N) is 2. The molecular formula is C20H20F3N7O. The predicted molar refractivity (Wildman–Crippen MR) is 110 cm³/mol. The molecular weight excluding hydrogens is 411 g/mol. The lowest BCUT2D eigenvalue weighted by Crippen LogP contribution is -2.31. The highest BCUT2D eigenvalue weighted by Crippen LogP contribution is 2.20. The molecule has 0 saturated heterocycles. The molecule has 0 saturated carbocycles. The minimum absolute atomic E-state index is 0.00259. The molecule has 0 radical (unpaired) electrons. The number of carbonyl (C=O) groups excluding carboxylic acids is 1. The van der Waals surface area contributed by atoms with Crippen LogP contribution >= 0.6 is 0 Å². The number of para-hydroxylation sites is 1. The first-order chi connectivity index (χ1) is 14.7. The third-order valence-corrected chi connectivity index (χ3v) is 4.22. The van der Waals surface area contributed by atoms with E-state index in [-0.39, 0.29) is 25.0 Å². The Bertz CT molecular complexity index is 1110. The van der Waals surface area contributed by atoms with Crippen molar-refractivity contribution in [1.82, 2.24) is 19.9 Å². The third kappa shape index (κ3) is 5.66. The number of anilines is 4. The molecule has 11 heteroatoms. The fraction of sp³-hybridized carbons (Fsp3) is 0.200. The number of aromatic nitrogens is 3. The lowest BCUT2D eigenvalue weighted by atomic mass is 10.2. The highest BCUT2D eigenvalue weighted by Gasteiger charge is 2.17. The van der Waals surface area contributed by atoms with Crippen LogP contribution in [0.1, 0.15) is 11.4 Å². The van der Waals surface area contributed by atoms with Crippen LogP contribution in [0.3, 0.4) is 0 Å². The van der Waals surface area contributed by atoms with Crippen LogP contribution in [0.5, 0.6) is 0 Å². The average molecular weight is 431 g/mol. The van der Waals surface area contributed by atoms with Gasteiger partial charge in [-0.2, -0.15) is 15.0 Å². The van der Waals surface area contributed by atoms with Gasteiger partial charge >= 0.3 is 0 Å². The van der Waals surface area contributed by atoms with Gasteiger partial charge in [-0.1, -0.05) is 18.2 Å². The second-order valence-corrected chi connectivity index (χ2v) is 6.82. The van der Waals surface area contributed by atoms with Gasteiger partial charge in [-0.3, -0.25) is 9.69 Å². The summed E-state index contributed by atoms with van der Waals surface area (Å²) in [7, 11) is 1.61. The summed E-state index contributed by atoms with van der Waals surface area (Å²) in [4.78, 5) is 26.1. The molecule has 31 heavy (non-hydrogen) atoms. The Morgan fingerprint density at radius 2 is 1.77 bits per heavy atom. The lowest BCUT2D eigenvalue weighted by molar-refractivity contribution is -0.117. The number of carbonyl (C=O) groups is 1.